The van der Waals surface area contributed by atoms with Crippen LogP contribution < -0.4 is 0 Å². The minimum absolute atomic E-state index is 0.0264. The zero-order valence-electron chi connectivity index (χ0n) is 8.43. The molecule has 3 heteroatoms. The molecule has 3 nitrogen and oxygen atoms in total. The Hall–Kier alpha value is -2.03. The molecule has 0 fully saturated rings. The molecule has 78 valence electrons. The number of rotatable bonds is 3. The molecular weight excluding hydrogens is 192 g/mol. The predicted molar refractivity (Wildman–Crippen MR) is 59.2 cm³/mol. The first kappa shape index (κ1) is 11.0. The van der Waals surface area contributed by atoms with Crippen LogP contribution in [0.3, 0.4) is 0 Å². The van der Waals surface area contributed by atoms with Gasteiger partial charge in [0, 0.05) is 11.6 Å². The fourth-order valence-electron chi connectivity index (χ4n) is 1.02. The topological polar surface area (TPSA) is 46.5 Å². The molecule has 0 aliphatic heterocycles. The number of ether oxygens (including phenoxy) is 1. The first-order valence-corrected chi connectivity index (χ1v) is 4.38. The van der Waals surface area contributed by atoms with Crippen LogP contribution in [0, 0.1) is 0 Å². The molecule has 0 aromatic heterocycles. The van der Waals surface area contributed by atoms with Crippen molar-refractivity contribution in [2.24, 2.45) is 0 Å². The van der Waals surface area contributed by atoms with Crippen LogP contribution in [0.4, 0.5) is 0 Å². The van der Waals surface area contributed by atoms with Crippen LogP contribution in [0.25, 0.3) is 11.8 Å². The lowest BCUT2D eigenvalue weighted by molar-refractivity contribution is -0.134. The van der Waals surface area contributed by atoms with Crippen molar-refractivity contribution in [3.05, 3.63) is 48.0 Å². The fourth-order valence-corrected chi connectivity index (χ4v) is 1.02. The lowest BCUT2D eigenvalue weighted by atomic mass is 10.1. The van der Waals surface area contributed by atoms with Crippen molar-refractivity contribution in [3.63, 3.8) is 0 Å². The highest BCUT2D eigenvalue weighted by molar-refractivity contribution is 5.86. The van der Waals surface area contributed by atoms with Crippen LogP contribution in [0.5, 0.6) is 0 Å². The molecule has 0 aliphatic rings. The Morgan fingerprint density at radius 1 is 1.40 bits per heavy atom. The highest BCUT2D eigenvalue weighted by Gasteiger charge is 1.95. The van der Waals surface area contributed by atoms with E-state index in [2.05, 4.69) is 11.3 Å². The van der Waals surface area contributed by atoms with E-state index in [9.17, 15) is 4.79 Å². The zero-order valence-corrected chi connectivity index (χ0v) is 8.43. The van der Waals surface area contributed by atoms with Crippen molar-refractivity contribution in [2.45, 2.75) is 0 Å². The van der Waals surface area contributed by atoms with Crippen molar-refractivity contribution in [1.29, 1.82) is 0 Å². The van der Waals surface area contributed by atoms with Gasteiger partial charge in [0.25, 0.3) is 0 Å². The van der Waals surface area contributed by atoms with E-state index < -0.39 is 5.97 Å². The number of carbonyl (C=O) groups is 1. The first-order chi connectivity index (χ1) is 7.13. The second-order valence-corrected chi connectivity index (χ2v) is 2.93. The van der Waals surface area contributed by atoms with E-state index in [-0.39, 0.29) is 5.76 Å². The minimum atomic E-state index is -0.398. The van der Waals surface area contributed by atoms with Crippen molar-refractivity contribution in [1.82, 2.24) is 0 Å². The molecule has 0 saturated heterocycles. The molecule has 0 atom stereocenters. The maximum atomic E-state index is 10.8. The van der Waals surface area contributed by atoms with Gasteiger partial charge in [-0.15, -0.1) is 0 Å². The van der Waals surface area contributed by atoms with E-state index in [1.165, 1.54) is 13.2 Å². The van der Waals surface area contributed by atoms with Crippen molar-refractivity contribution < 1.29 is 14.6 Å². The van der Waals surface area contributed by atoms with Gasteiger partial charge in [-0.1, -0.05) is 30.8 Å². The Bertz CT molecular complexity index is 388. The maximum Gasteiger partial charge on any atom is 0.330 e. The van der Waals surface area contributed by atoms with Crippen LogP contribution in [0.2, 0.25) is 0 Å². The summed E-state index contributed by atoms with van der Waals surface area (Å²) in [5, 5.41) is 9.08. The quantitative estimate of drug-likeness (QED) is 0.467. The summed E-state index contributed by atoms with van der Waals surface area (Å²) in [7, 11) is 1.32. The van der Waals surface area contributed by atoms with Gasteiger partial charge >= 0.3 is 5.97 Å². The van der Waals surface area contributed by atoms with Crippen molar-refractivity contribution >= 4 is 17.8 Å². The number of methoxy groups -OCH3 is 1. The summed E-state index contributed by atoms with van der Waals surface area (Å²) >= 11 is 0. The van der Waals surface area contributed by atoms with Crippen LogP contribution in [-0.2, 0) is 9.53 Å². The molecule has 0 bridgehead atoms. The number of aliphatic hydroxyl groups is 1. The predicted octanol–water partition coefficient (Wildman–Crippen LogP) is 2.40. The molecule has 15 heavy (non-hydrogen) atoms. The molecule has 0 spiro atoms. The summed E-state index contributed by atoms with van der Waals surface area (Å²) in [4.78, 5) is 10.8. The molecule has 1 N–H and O–H groups in total. The Kier molecular flexibility index (Phi) is 3.68. The van der Waals surface area contributed by atoms with E-state index in [4.69, 9.17) is 5.11 Å². The van der Waals surface area contributed by atoms with E-state index in [1.807, 2.05) is 0 Å². The fraction of sp³-hybridized carbons (Fsp3) is 0.0833. The highest BCUT2D eigenvalue weighted by atomic mass is 16.5. The number of esters is 1. The van der Waals surface area contributed by atoms with Crippen LogP contribution in [0.15, 0.2) is 36.9 Å². The highest BCUT2D eigenvalue weighted by Crippen LogP contribution is 2.11. The third-order valence-corrected chi connectivity index (χ3v) is 1.86. The summed E-state index contributed by atoms with van der Waals surface area (Å²) in [6.07, 6.45) is 2.97. The Balaban J connectivity index is 2.77. The molecule has 1 rings (SSSR count). The van der Waals surface area contributed by atoms with Gasteiger partial charge in [-0.25, -0.2) is 4.79 Å². The second kappa shape index (κ2) is 5.00. The molecule has 0 unspecified atom stereocenters. The van der Waals surface area contributed by atoms with Gasteiger partial charge in [-0.05, 0) is 11.6 Å². The molecule has 0 heterocycles. The molecule has 1 aromatic carbocycles. The largest absolute Gasteiger partial charge is 0.508 e. The summed E-state index contributed by atoms with van der Waals surface area (Å²) in [6, 6.07) is 6.99. The van der Waals surface area contributed by atoms with E-state index in [0.29, 0.717) is 5.56 Å². The lowest BCUT2D eigenvalue weighted by Gasteiger charge is -1.98. The summed E-state index contributed by atoms with van der Waals surface area (Å²) in [5.74, 6) is -0.371. The smallest absolute Gasteiger partial charge is 0.330 e. The monoisotopic (exact) mass is 204 g/mol. The van der Waals surface area contributed by atoms with Crippen LogP contribution in [0.1, 0.15) is 11.1 Å². The molecular formula is C12H12O3. The molecule has 0 saturated carbocycles. The maximum absolute atomic E-state index is 10.8. The Morgan fingerprint density at radius 2 is 2.00 bits per heavy atom. The Morgan fingerprint density at radius 3 is 2.47 bits per heavy atom. The average molecular weight is 204 g/mol. The van der Waals surface area contributed by atoms with Gasteiger partial charge in [0.2, 0.25) is 0 Å². The molecule has 0 amide bonds. The van der Waals surface area contributed by atoms with Gasteiger partial charge < -0.3 is 9.84 Å². The third-order valence-electron chi connectivity index (χ3n) is 1.86. The second-order valence-electron chi connectivity index (χ2n) is 2.93. The van der Waals surface area contributed by atoms with Gasteiger partial charge in [0.15, 0.2) is 0 Å². The van der Waals surface area contributed by atoms with E-state index in [1.54, 1.807) is 30.3 Å². The van der Waals surface area contributed by atoms with Crippen LogP contribution >= 0.6 is 0 Å². The van der Waals surface area contributed by atoms with Crippen molar-refractivity contribution in [2.75, 3.05) is 7.11 Å². The molecule has 0 radical (unpaired) electrons. The van der Waals surface area contributed by atoms with Gasteiger partial charge in [0.05, 0.1) is 7.11 Å². The molecule has 0 aliphatic carbocycles. The van der Waals surface area contributed by atoms with E-state index >= 15 is 0 Å². The van der Waals surface area contributed by atoms with Gasteiger partial charge in [-0.2, -0.15) is 0 Å². The average Bonchev–Trinajstić information content (AvgIpc) is 2.26. The number of carbonyl (C=O) groups excluding carboxylic acids is 1. The molecule has 1 aromatic rings. The number of hydrogen-bond acceptors (Lipinski definition) is 3. The number of benzene rings is 1. The van der Waals surface area contributed by atoms with Gasteiger partial charge in [-0.3, -0.25) is 0 Å². The SMILES string of the molecule is C=C(O)c1ccc(/C=C/C(=O)OC)cc1. The number of hydrogen-bond donors (Lipinski definition) is 1. The summed E-state index contributed by atoms with van der Waals surface area (Å²) < 4.78 is 4.45. The first-order valence-electron chi connectivity index (χ1n) is 4.38. The lowest BCUT2D eigenvalue weighted by Crippen LogP contribution is -1.93. The summed E-state index contributed by atoms with van der Waals surface area (Å²) in [5.41, 5.74) is 1.51. The third kappa shape index (κ3) is 3.31. The van der Waals surface area contributed by atoms with Crippen molar-refractivity contribution in [3.8, 4) is 0 Å². The normalized spacial score (nSPS) is 10.2. The Labute approximate surface area is 88.3 Å². The zero-order chi connectivity index (χ0) is 11.3. The minimum Gasteiger partial charge on any atom is -0.508 e. The standard InChI is InChI=1S/C12H12O3/c1-9(13)11-6-3-10(4-7-11)5-8-12(14)15-2/h3-8,13H,1H2,2H3/b8-5+. The van der Waals surface area contributed by atoms with E-state index in [0.717, 1.165) is 5.56 Å². The summed E-state index contributed by atoms with van der Waals surface area (Å²) in [6.45, 7) is 3.41. The van der Waals surface area contributed by atoms with Gasteiger partial charge in [0.1, 0.15) is 5.76 Å². The number of aliphatic hydroxyl groups excluding tert-OH is 1. The van der Waals surface area contributed by atoms with Crippen LogP contribution in [-0.4, -0.2) is 18.2 Å².